The van der Waals surface area contributed by atoms with Crippen LogP contribution in [0.1, 0.15) is 19.3 Å². The molecule has 1 aliphatic carbocycles. The molecular weight excluding hydrogens is 340 g/mol. The number of benzene rings is 1. The van der Waals surface area contributed by atoms with E-state index in [2.05, 4.69) is 20.5 Å². The molecule has 7 heteroatoms. The minimum Gasteiger partial charge on any atom is -0.507 e. The molecule has 6 nitrogen and oxygen atoms in total. The summed E-state index contributed by atoms with van der Waals surface area (Å²) in [6.07, 6.45) is 5.67. The molecule has 0 spiro atoms. The zero-order chi connectivity index (χ0) is 17.4. The van der Waals surface area contributed by atoms with Crippen molar-refractivity contribution in [3.63, 3.8) is 0 Å². The summed E-state index contributed by atoms with van der Waals surface area (Å²) >= 11 is 5.92. The molecule has 1 unspecified atom stereocenters. The quantitative estimate of drug-likeness (QED) is 0.666. The number of nitrogens with one attached hydrogen (secondary N) is 1. The van der Waals surface area contributed by atoms with Crippen LogP contribution >= 0.6 is 11.6 Å². The number of anilines is 1. The Morgan fingerprint density at radius 1 is 1.12 bits per heavy atom. The molecule has 2 atom stereocenters. The van der Waals surface area contributed by atoms with Crippen LogP contribution in [0.5, 0.6) is 5.75 Å². The summed E-state index contributed by atoms with van der Waals surface area (Å²) in [7, 11) is 0. The first-order valence-electron chi connectivity index (χ1n) is 8.17. The van der Waals surface area contributed by atoms with E-state index in [1.54, 1.807) is 24.5 Å². The van der Waals surface area contributed by atoms with Crippen molar-refractivity contribution >= 4 is 28.2 Å². The minimum atomic E-state index is -0.381. The van der Waals surface area contributed by atoms with Crippen molar-refractivity contribution < 1.29 is 10.2 Å². The van der Waals surface area contributed by atoms with Gasteiger partial charge in [-0.05, 0) is 43.5 Å². The van der Waals surface area contributed by atoms with Crippen LogP contribution in [-0.2, 0) is 0 Å². The Bertz CT molecular complexity index is 934. The summed E-state index contributed by atoms with van der Waals surface area (Å²) in [5.74, 6) is 0.637. The average molecular weight is 357 g/mol. The van der Waals surface area contributed by atoms with Gasteiger partial charge < -0.3 is 15.5 Å². The van der Waals surface area contributed by atoms with E-state index in [4.69, 9.17) is 11.6 Å². The summed E-state index contributed by atoms with van der Waals surface area (Å²) in [6.45, 7) is 0. The number of hydrogen-bond acceptors (Lipinski definition) is 6. The molecule has 1 saturated carbocycles. The summed E-state index contributed by atoms with van der Waals surface area (Å²) in [5, 5.41) is 34.2. The Balaban J connectivity index is 1.81. The molecule has 25 heavy (non-hydrogen) atoms. The lowest BCUT2D eigenvalue weighted by atomic mass is 10.0. The number of aliphatic hydroxyl groups is 1. The molecule has 0 amide bonds. The molecule has 1 aromatic carbocycles. The van der Waals surface area contributed by atoms with Gasteiger partial charge in [0.05, 0.1) is 12.1 Å². The number of pyridine rings is 1. The Morgan fingerprint density at radius 2 is 2.00 bits per heavy atom. The first kappa shape index (κ1) is 16.1. The maximum Gasteiger partial charge on any atom is 0.158 e. The highest BCUT2D eigenvalue weighted by atomic mass is 35.5. The van der Waals surface area contributed by atoms with Gasteiger partial charge in [0.1, 0.15) is 11.4 Å². The maximum absolute atomic E-state index is 10.2. The first-order chi connectivity index (χ1) is 12.1. The van der Waals surface area contributed by atoms with E-state index in [0.29, 0.717) is 22.1 Å². The molecule has 2 aromatic heterocycles. The average Bonchev–Trinajstić information content (AvgIpc) is 3.01. The van der Waals surface area contributed by atoms with Crippen molar-refractivity contribution in [3.8, 4) is 17.0 Å². The van der Waals surface area contributed by atoms with Crippen molar-refractivity contribution in [1.29, 1.82) is 0 Å². The van der Waals surface area contributed by atoms with E-state index in [1.165, 1.54) is 6.07 Å². The van der Waals surface area contributed by atoms with Gasteiger partial charge in [0.15, 0.2) is 5.82 Å². The third kappa shape index (κ3) is 2.99. The van der Waals surface area contributed by atoms with Crippen LogP contribution in [0.3, 0.4) is 0 Å². The fourth-order valence-corrected chi connectivity index (χ4v) is 3.46. The zero-order valence-electron chi connectivity index (χ0n) is 13.4. The third-order valence-electron chi connectivity index (χ3n) is 4.60. The second kappa shape index (κ2) is 6.46. The van der Waals surface area contributed by atoms with Crippen LogP contribution in [0.25, 0.3) is 22.0 Å². The van der Waals surface area contributed by atoms with Crippen LogP contribution in [0, 0.1) is 0 Å². The fourth-order valence-electron chi connectivity index (χ4n) is 3.29. The van der Waals surface area contributed by atoms with Gasteiger partial charge in [0.25, 0.3) is 0 Å². The van der Waals surface area contributed by atoms with Crippen molar-refractivity contribution in [3.05, 3.63) is 41.7 Å². The van der Waals surface area contributed by atoms with Crippen molar-refractivity contribution in [2.24, 2.45) is 0 Å². The first-order valence-corrected chi connectivity index (χ1v) is 8.55. The van der Waals surface area contributed by atoms with Gasteiger partial charge in [-0.2, -0.15) is 0 Å². The minimum absolute atomic E-state index is 0.0347. The molecule has 1 fully saturated rings. The molecule has 2 heterocycles. The van der Waals surface area contributed by atoms with E-state index in [1.807, 2.05) is 6.07 Å². The summed E-state index contributed by atoms with van der Waals surface area (Å²) < 4.78 is 0. The lowest BCUT2D eigenvalue weighted by Gasteiger charge is -2.18. The molecule has 128 valence electrons. The topological polar surface area (TPSA) is 91.2 Å². The van der Waals surface area contributed by atoms with Crippen LogP contribution in [0.15, 0.2) is 36.7 Å². The second-order valence-corrected chi connectivity index (χ2v) is 6.67. The van der Waals surface area contributed by atoms with Gasteiger partial charge >= 0.3 is 0 Å². The Morgan fingerprint density at radius 3 is 2.76 bits per heavy atom. The highest BCUT2D eigenvalue weighted by molar-refractivity contribution is 6.30. The number of aromatic nitrogens is 3. The number of halogens is 1. The van der Waals surface area contributed by atoms with E-state index >= 15 is 0 Å². The van der Waals surface area contributed by atoms with Crippen LogP contribution in [0.4, 0.5) is 5.82 Å². The largest absolute Gasteiger partial charge is 0.507 e. The number of nitrogens with zero attached hydrogens (tertiary/aromatic N) is 3. The normalized spacial score (nSPS) is 20.1. The van der Waals surface area contributed by atoms with E-state index < -0.39 is 0 Å². The molecule has 3 N–H and O–H groups in total. The molecule has 3 aromatic rings. The summed E-state index contributed by atoms with van der Waals surface area (Å²) in [5.41, 5.74) is 1.12. The monoisotopic (exact) mass is 356 g/mol. The number of hydrogen-bond donors (Lipinski definition) is 3. The predicted molar refractivity (Wildman–Crippen MR) is 96.7 cm³/mol. The zero-order valence-corrected chi connectivity index (χ0v) is 14.1. The third-order valence-corrected chi connectivity index (χ3v) is 4.83. The van der Waals surface area contributed by atoms with Crippen LogP contribution < -0.4 is 5.32 Å². The van der Waals surface area contributed by atoms with E-state index in [0.717, 1.165) is 30.0 Å². The van der Waals surface area contributed by atoms with Gasteiger partial charge in [0.2, 0.25) is 0 Å². The maximum atomic E-state index is 10.2. The standard InChI is InChI=1S/C18H17ClN4O2/c19-10-4-5-12(16(25)8-10)17-11-6-7-20-9-13(11)18(23-22-17)21-14-2-1-3-15(14)24/h4-9,14-15,24-25H,1-3H2,(H,21,23)/t14?,15-/m0/s1. The van der Waals surface area contributed by atoms with Crippen molar-refractivity contribution in [2.75, 3.05) is 5.32 Å². The molecule has 0 bridgehead atoms. The Kier molecular flexibility index (Phi) is 4.15. The molecule has 0 radical (unpaired) electrons. The van der Waals surface area contributed by atoms with Gasteiger partial charge in [-0.25, -0.2) is 0 Å². The van der Waals surface area contributed by atoms with Crippen LogP contribution in [0.2, 0.25) is 5.02 Å². The van der Waals surface area contributed by atoms with Gasteiger partial charge in [-0.3, -0.25) is 4.98 Å². The van der Waals surface area contributed by atoms with Gasteiger partial charge in [0, 0.05) is 33.8 Å². The molecule has 0 aliphatic heterocycles. The highest BCUT2D eigenvalue weighted by Crippen LogP contribution is 2.36. The molecule has 1 aliphatic rings. The molecular formula is C18H17ClN4O2. The van der Waals surface area contributed by atoms with Crippen molar-refractivity contribution in [2.45, 2.75) is 31.4 Å². The second-order valence-electron chi connectivity index (χ2n) is 6.23. The number of phenols is 1. The Hall–Kier alpha value is -2.44. The number of rotatable bonds is 3. The number of phenolic OH excluding ortho intramolecular Hbond substituents is 1. The molecule has 0 saturated heterocycles. The fraction of sp³-hybridized carbons (Fsp3) is 0.278. The highest BCUT2D eigenvalue weighted by Gasteiger charge is 2.26. The summed E-state index contributed by atoms with van der Waals surface area (Å²) in [6, 6.07) is 6.70. The predicted octanol–water partition coefficient (Wildman–Crippen LogP) is 3.38. The van der Waals surface area contributed by atoms with E-state index in [-0.39, 0.29) is 17.9 Å². The lowest BCUT2D eigenvalue weighted by molar-refractivity contribution is 0.171. The van der Waals surface area contributed by atoms with Gasteiger partial charge in [-0.15, -0.1) is 10.2 Å². The van der Waals surface area contributed by atoms with E-state index in [9.17, 15) is 10.2 Å². The number of fused-ring (bicyclic) bond motifs is 1. The Labute approximate surface area is 149 Å². The summed E-state index contributed by atoms with van der Waals surface area (Å²) in [4.78, 5) is 4.18. The van der Waals surface area contributed by atoms with Gasteiger partial charge in [-0.1, -0.05) is 11.6 Å². The SMILES string of the molecule is Oc1cc(Cl)ccc1-c1nnc(NC2CCC[C@@H]2O)c2cnccc12. The lowest BCUT2D eigenvalue weighted by Crippen LogP contribution is -2.28. The number of aliphatic hydroxyl groups excluding tert-OH is 1. The smallest absolute Gasteiger partial charge is 0.158 e. The number of aromatic hydroxyl groups is 1. The van der Waals surface area contributed by atoms with Crippen LogP contribution in [-0.4, -0.2) is 37.5 Å². The van der Waals surface area contributed by atoms with Crippen molar-refractivity contribution in [1.82, 2.24) is 15.2 Å². The molecule has 4 rings (SSSR count).